The molecule has 6 nitrogen and oxygen atoms in total. The third-order valence-corrected chi connectivity index (χ3v) is 2.98. The van der Waals surface area contributed by atoms with Gasteiger partial charge >= 0.3 is 0 Å². The molecule has 0 saturated heterocycles. The summed E-state index contributed by atoms with van der Waals surface area (Å²) >= 11 is 0. The number of ether oxygens (including phenoxy) is 2. The monoisotopic (exact) mass is 263 g/mol. The second-order valence-electron chi connectivity index (χ2n) is 4.14. The first kappa shape index (κ1) is 13.4. The molecular formula is C13H17N3O3. The van der Waals surface area contributed by atoms with Crippen LogP contribution in [0, 0.1) is 6.92 Å². The van der Waals surface area contributed by atoms with Crippen LogP contribution < -0.4 is 9.47 Å². The number of benzene rings is 1. The van der Waals surface area contributed by atoms with E-state index in [-0.39, 0.29) is 6.61 Å². The van der Waals surface area contributed by atoms with Crippen molar-refractivity contribution in [3.8, 4) is 11.5 Å². The number of aromatic nitrogens is 3. The molecule has 0 saturated carbocycles. The van der Waals surface area contributed by atoms with Crippen LogP contribution in [-0.4, -0.2) is 27.0 Å². The van der Waals surface area contributed by atoms with Gasteiger partial charge in [0.15, 0.2) is 5.82 Å². The Labute approximate surface area is 111 Å². The minimum absolute atomic E-state index is 0.107. The maximum atomic E-state index is 9.33. The van der Waals surface area contributed by atoms with Gasteiger partial charge in [-0.15, -0.1) is 10.2 Å². The predicted molar refractivity (Wildman–Crippen MR) is 69.0 cm³/mol. The number of rotatable bonds is 5. The Bertz CT molecular complexity index is 566. The van der Waals surface area contributed by atoms with E-state index in [9.17, 15) is 5.11 Å². The Kier molecular flexibility index (Phi) is 4.01. The summed E-state index contributed by atoms with van der Waals surface area (Å²) in [6, 6.07) is 5.31. The van der Waals surface area contributed by atoms with E-state index in [0.29, 0.717) is 23.7 Å². The van der Waals surface area contributed by atoms with Crippen molar-refractivity contribution >= 4 is 0 Å². The first-order chi connectivity index (χ1) is 9.15. The minimum Gasteiger partial charge on any atom is -0.497 e. The summed E-state index contributed by atoms with van der Waals surface area (Å²) in [6.45, 7) is 2.07. The molecule has 2 aromatic rings. The van der Waals surface area contributed by atoms with E-state index in [1.54, 1.807) is 25.3 Å². The molecule has 19 heavy (non-hydrogen) atoms. The minimum atomic E-state index is -0.107. The van der Waals surface area contributed by atoms with Gasteiger partial charge < -0.3 is 19.1 Å². The second-order valence-corrected chi connectivity index (χ2v) is 4.14. The van der Waals surface area contributed by atoms with Crippen molar-refractivity contribution in [3.05, 3.63) is 35.4 Å². The van der Waals surface area contributed by atoms with Crippen LogP contribution in [0.1, 0.15) is 17.2 Å². The normalized spacial score (nSPS) is 10.5. The van der Waals surface area contributed by atoms with Gasteiger partial charge in [-0.05, 0) is 25.1 Å². The van der Waals surface area contributed by atoms with Gasteiger partial charge in [-0.25, -0.2) is 0 Å². The zero-order valence-corrected chi connectivity index (χ0v) is 11.3. The van der Waals surface area contributed by atoms with E-state index in [1.165, 1.54) is 0 Å². The highest BCUT2D eigenvalue weighted by Gasteiger charge is 2.09. The van der Waals surface area contributed by atoms with Crippen LogP contribution in [0.15, 0.2) is 18.2 Å². The molecule has 1 aromatic carbocycles. The Hall–Kier alpha value is -2.08. The molecule has 0 radical (unpaired) electrons. The van der Waals surface area contributed by atoms with Crippen LogP contribution in [0.25, 0.3) is 0 Å². The fourth-order valence-corrected chi connectivity index (χ4v) is 1.67. The Balaban J connectivity index is 2.13. The highest BCUT2D eigenvalue weighted by molar-refractivity contribution is 5.39. The van der Waals surface area contributed by atoms with Gasteiger partial charge in [0.05, 0.1) is 13.7 Å². The summed E-state index contributed by atoms with van der Waals surface area (Å²) in [6.07, 6.45) is 0. The van der Waals surface area contributed by atoms with Crippen LogP contribution in [0.5, 0.6) is 11.5 Å². The maximum absolute atomic E-state index is 9.33. The lowest BCUT2D eigenvalue weighted by atomic mass is 10.2. The number of nitrogens with zero attached hydrogens (tertiary/aromatic N) is 3. The van der Waals surface area contributed by atoms with Crippen LogP contribution in [0.4, 0.5) is 0 Å². The summed E-state index contributed by atoms with van der Waals surface area (Å²) in [5.41, 5.74) is 0.679. The molecule has 6 heteroatoms. The van der Waals surface area contributed by atoms with Gasteiger partial charge in [0.25, 0.3) is 0 Å². The van der Waals surface area contributed by atoms with Crippen molar-refractivity contribution in [1.29, 1.82) is 0 Å². The fraction of sp³-hybridized carbons (Fsp3) is 0.385. The van der Waals surface area contributed by atoms with Crippen molar-refractivity contribution in [3.63, 3.8) is 0 Å². The Morgan fingerprint density at radius 3 is 2.68 bits per heavy atom. The zero-order valence-electron chi connectivity index (χ0n) is 11.3. The van der Waals surface area contributed by atoms with Gasteiger partial charge in [-0.3, -0.25) is 0 Å². The highest BCUT2D eigenvalue weighted by atomic mass is 16.5. The predicted octanol–water partition coefficient (Wildman–Crippen LogP) is 1.20. The number of aliphatic hydroxyl groups excluding tert-OH is 1. The molecule has 0 spiro atoms. The number of aryl methyl sites for hydroxylation is 1. The second kappa shape index (κ2) is 5.71. The molecule has 0 aliphatic heterocycles. The van der Waals surface area contributed by atoms with Crippen LogP contribution in [0.2, 0.25) is 0 Å². The van der Waals surface area contributed by atoms with E-state index in [0.717, 1.165) is 11.6 Å². The molecule has 2 rings (SSSR count). The van der Waals surface area contributed by atoms with Crippen molar-refractivity contribution in [2.45, 2.75) is 20.1 Å². The molecular weight excluding hydrogens is 246 g/mol. The summed E-state index contributed by atoms with van der Waals surface area (Å²) in [5.74, 6) is 2.86. The average Bonchev–Trinajstić information content (AvgIpc) is 2.76. The van der Waals surface area contributed by atoms with Gasteiger partial charge in [-0.2, -0.15) is 0 Å². The van der Waals surface area contributed by atoms with Crippen molar-refractivity contribution in [2.75, 3.05) is 7.11 Å². The molecule has 0 atom stereocenters. The molecule has 0 aliphatic rings. The number of methoxy groups -OCH3 is 1. The average molecular weight is 263 g/mol. The molecule has 1 aromatic heterocycles. The summed E-state index contributed by atoms with van der Waals surface area (Å²) in [5, 5.41) is 17.3. The van der Waals surface area contributed by atoms with Crippen molar-refractivity contribution in [1.82, 2.24) is 14.8 Å². The number of hydrogen-bond donors (Lipinski definition) is 1. The van der Waals surface area contributed by atoms with Gasteiger partial charge in [0, 0.05) is 12.6 Å². The van der Waals surface area contributed by atoms with Crippen molar-refractivity contribution < 1.29 is 14.6 Å². The lowest BCUT2D eigenvalue weighted by Crippen LogP contribution is -2.05. The van der Waals surface area contributed by atoms with E-state index in [2.05, 4.69) is 10.2 Å². The largest absolute Gasteiger partial charge is 0.497 e. The Morgan fingerprint density at radius 2 is 2.11 bits per heavy atom. The number of hydrogen-bond acceptors (Lipinski definition) is 5. The molecule has 0 fully saturated rings. The first-order valence-electron chi connectivity index (χ1n) is 5.91. The summed E-state index contributed by atoms with van der Waals surface area (Å²) in [7, 11) is 3.47. The van der Waals surface area contributed by atoms with Crippen molar-refractivity contribution in [2.24, 2.45) is 7.05 Å². The molecule has 1 heterocycles. The number of aliphatic hydroxyl groups is 1. The smallest absolute Gasteiger partial charge is 0.170 e. The van der Waals surface area contributed by atoms with Crippen LogP contribution >= 0.6 is 0 Å². The first-order valence-corrected chi connectivity index (χ1v) is 5.91. The lowest BCUT2D eigenvalue weighted by molar-refractivity contribution is 0.253. The van der Waals surface area contributed by atoms with Crippen LogP contribution in [-0.2, 0) is 20.3 Å². The topological polar surface area (TPSA) is 69.4 Å². The van der Waals surface area contributed by atoms with E-state index in [4.69, 9.17) is 9.47 Å². The molecule has 0 unspecified atom stereocenters. The third-order valence-electron chi connectivity index (χ3n) is 2.98. The third kappa shape index (κ3) is 2.85. The molecule has 1 N–H and O–H groups in total. The SMILES string of the molecule is COc1ccc(OCc2nnc(C)n2C)c(CO)c1. The van der Waals surface area contributed by atoms with E-state index in [1.807, 2.05) is 18.5 Å². The molecule has 0 bridgehead atoms. The van der Waals surface area contributed by atoms with Gasteiger partial charge in [0.2, 0.25) is 0 Å². The van der Waals surface area contributed by atoms with Gasteiger partial charge in [0.1, 0.15) is 23.9 Å². The highest BCUT2D eigenvalue weighted by Crippen LogP contribution is 2.24. The molecule has 102 valence electrons. The lowest BCUT2D eigenvalue weighted by Gasteiger charge is -2.11. The Morgan fingerprint density at radius 1 is 1.32 bits per heavy atom. The summed E-state index contributed by atoms with van der Waals surface area (Å²) < 4.78 is 12.6. The van der Waals surface area contributed by atoms with Crippen LogP contribution in [0.3, 0.4) is 0 Å². The standard InChI is InChI=1S/C13H17N3O3/c1-9-14-15-13(16(9)2)8-19-12-5-4-11(18-3)6-10(12)7-17/h4-6,17H,7-8H2,1-3H3. The fourth-order valence-electron chi connectivity index (χ4n) is 1.67. The zero-order chi connectivity index (χ0) is 13.8. The summed E-state index contributed by atoms with van der Waals surface area (Å²) in [4.78, 5) is 0. The van der Waals surface area contributed by atoms with E-state index < -0.39 is 0 Å². The maximum Gasteiger partial charge on any atom is 0.170 e. The van der Waals surface area contributed by atoms with Gasteiger partial charge in [-0.1, -0.05) is 0 Å². The molecule has 0 amide bonds. The van der Waals surface area contributed by atoms with E-state index >= 15 is 0 Å². The molecule has 0 aliphatic carbocycles. The quantitative estimate of drug-likeness (QED) is 0.878.